The SMILES string of the molecule is CCCCCCCCCCC[C@@H](C)[N+](C)(C)[O-]. The van der Waals surface area contributed by atoms with E-state index in [0.717, 1.165) is 6.42 Å². The molecule has 0 aliphatic rings. The van der Waals surface area contributed by atoms with Gasteiger partial charge in [-0.2, -0.15) is 0 Å². The first-order chi connectivity index (χ1) is 7.98. The molecule has 0 bridgehead atoms. The molecule has 0 saturated carbocycles. The van der Waals surface area contributed by atoms with Gasteiger partial charge in [-0.1, -0.05) is 58.3 Å². The highest BCUT2D eigenvalue weighted by molar-refractivity contribution is 4.53. The number of rotatable bonds is 11. The lowest BCUT2D eigenvalue weighted by atomic mass is 10.0. The average Bonchev–Trinajstić information content (AvgIpc) is 2.25. The Balaban J connectivity index is 3.19. The number of hydroxylamine groups is 3. The second kappa shape index (κ2) is 9.90. The summed E-state index contributed by atoms with van der Waals surface area (Å²) in [5.41, 5.74) is 0. The number of hydrogen-bond donors (Lipinski definition) is 0. The highest BCUT2D eigenvalue weighted by atomic mass is 16.5. The minimum absolute atomic E-state index is 0.142. The van der Waals surface area contributed by atoms with E-state index in [0.29, 0.717) is 0 Å². The Kier molecular flexibility index (Phi) is 9.85. The van der Waals surface area contributed by atoms with Gasteiger partial charge in [0.2, 0.25) is 0 Å². The van der Waals surface area contributed by atoms with Crippen LogP contribution >= 0.6 is 0 Å². The second-order valence-electron chi connectivity index (χ2n) is 5.90. The number of unbranched alkanes of at least 4 members (excludes halogenated alkanes) is 8. The molecule has 0 aliphatic carbocycles. The van der Waals surface area contributed by atoms with Crippen LogP contribution in [0.1, 0.15) is 78.1 Å². The highest BCUT2D eigenvalue weighted by Gasteiger charge is 2.12. The fraction of sp³-hybridized carbons (Fsp3) is 1.00. The molecule has 0 amide bonds. The Morgan fingerprint density at radius 2 is 1.24 bits per heavy atom. The maximum absolute atomic E-state index is 11.6. The zero-order valence-corrected chi connectivity index (χ0v) is 12.5. The van der Waals surface area contributed by atoms with E-state index in [-0.39, 0.29) is 10.7 Å². The van der Waals surface area contributed by atoms with Crippen molar-refractivity contribution in [2.24, 2.45) is 0 Å². The summed E-state index contributed by atoms with van der Waals surface area (Å²) in [6, 6.07) is 0.250. The van der Waals surface area contributed by atoms with Crippen LogP contribution in [0.25, 0.3) is 0 Å². The van der Waals surface area contributed by atoms with Crippen molar-refractivity contribution in [3.05, 3.63) is 5.21 Å². The third-order valence-electron chi connectivity index (χ3n) is 3.79. The van der Waals surface area contributed by atoms with Crippen molar-refractivity contribution in [2.45, 2.75) is 84.1 Å². The predicted molar refractivity (Wildman–Crippen MR) is 76.8 cm³/mol. The van der Waals surface area contributed by atoms with Crippen molar-refractivity contribution in [2.75, 3.05) is 14.1 Å². The van der Waals surface area contributed by atoms with Gasteiger partial charge in [0.1, 0.15) is 0 Å². The number of quaternary nitrogens is 1. The normalized spacial score (nSPS) is 13.9. The molecule has 2 heteroatoms. The molecule has 0 saturated heterocycles. The molecule has 0 radical (unpaired) electrons. The average molecular weight is 243 g/mol. The molecule has 2 nitrogen and oxygen atoms in total. The summed E-state index contributed by atoms with van der Waals surface area (Å²) in [7, 11) is 3.50. The quantitative estimate of drug-likeness (QED) is 0.288. The lowest BCUT2D eigenvalue weighted by molar-refractivity contribution is -0.864. The molecular weight excluding hydrogens is 210 g/mol. The minimum Gasteiger partial charge on any atom is -0.633 e. The fourth-order valence-corrected chi connectivity index (χ4v) is 2.06. The standard InChI is InChI=1S/C15H33NO/c1-5-6-7-8-9-10-11-12-13-14-15(2)16(3,4)17/h15H,5-14H2,1-4H3/t15-/m1/s1. The van der Waals surface area contributed by atoms with E-state index in [1.807, 2.05) is 0 Å². The van der Waals surface area contributed by atoms with Crippen molar-refractivity contribution >= 4 is 0 Å². The van der Waals surface area contributed by atoms with Crippen LogP contribution in [0.15, 0.2) is 0 Å². The molecule has 0 aromatic carbocycles. The summed E-state index contributed by atoms with van der Waals surface area (Å²) in [6.07, 6.45) is 13.3. The molecule has 0 fully saturated rings. The minimum atomic E-state index is -0.142. The van der Waals surface area contributed by atoms with Crippen LogP contribution in [0.2, 0.25) is 0 Å². The van der Waals surface area contributed by atoms with Gasteiger partial charge in [0.15, 0.2) is 0 Å². The Morgan fingerprint density at radius 1 is 0.824 bits per heavy atom. The summed E-state index contributed by atoms with van der Waals surface area (Å²) >= 11 is 0. The summed E-state index contributed by atoms with van der Waals surface area (Å²) in [4.78, 5) is 0. The zero-order chi connectivity index (χ0) is 13.1. The van der Waals surface area contributed by atoms with Gasteiger partial charge in [-0.15, -0.1) is 0 Å². The van der Waals surface area contributed by atoms with Crippen molar-refractivity contribution in [1.82, 2.24) is 0 Å². The molecular formula is C15H33NO. The molecule has 0 spiro atoms. The van der Waals surface area contributed by atoms with Crippen LogP contribution in [-0.2, 0) is 0 Å². The first kappa shape index (κ1) is 16.9. The van der Waals surface area contributed by atoms with E-state index >= 15 is 0 Å². The van der Waals surface area contributed by atoms with Crippen molar-refractivity contribution in [1.29, 1.82) is 0 Å². The molecule has 0 heterocycles. The van der Waals surface area contributed by atoms with E-state index in [4.69, 9.17) is 0 Å². The van der Waals surface area contributed by atoms with Crippen molar-refractivity contribution < 1.29 is 4.65 Å². The molecule has 104 valence electrons. The predicted octanol–water partition coefficient (Wildman–Crippen LogP) is 4.87. The lowest BCUT2D eigenvalue weighted by Crippen LogP contribution is -2.41. The van der Waals surface area contributed by atoms with Crippen LogP contribution in [0, 0.1) is 5.21 Å². The van der Waals surface area contributed by atoms with Gasteiger partial charge in [-0.25, -0.2) is 0 Å². The highest BCUT2D eigenvalue weighted by Crippen LogP contribution is 2.14. The summed E-state index contributed by atoms with van der Waals surface area (Å²) in [5, 5.41) is 11.6. The third-order valence-corrected chi connectivity index (χ3v) is 3.79. The molecule has 0 aromatic heterocycles. The Labute approximate surface area is 109 Å². The van der Waals surface area contributed by atoms with Gasteiger partial charge in [0, 0.05) is 0 Å². The lowest BCUT2D eigenvalue weighted by Gasteiger charge is -2.40. The first-order valence-corrected chi connectivity index (χ1v) is 7.53. The van der Waals surface area contributed by atoms with E-state index in [1.165, 1.54) is 57.8 Å². The van der Waals surface area contributed by atoms with Gasteiger partial charge in [0.25, 0.3) is 0 Å². The maximum atomic E-state index is 11.6. The van der Waals surface area contributed by atoms with Gasteiger partial charge in [-0.05, 0) is 19.8 Å². The van der Waals surface area contributed by atoms with Crippen LogP contribution < -0.4 is 0 Å². The van der Waals surface area contributed by atoms with Gasteiger partial charge in [0.05, 0.1) is 20.1 Å². The van der Waals surface area contributed by atoms with Crippen molar-refractivity contribution in [3.8, 4) is 0 Å². The number of hydrogen-bond acceptors (Lipinski definition) is 1. The fourth-order valence-electron chi connectivity index (χ4n) is 2.06. The summed E-state index contributed by atoms with van der Waals surface area (Å²) in [5.74, 6) is 0. The molecule has 17 heavy (non-hydrogen) atoms. The monoisotopic (exact) mass is 243 g/mol. The smallest absolute Gasteiger partial charge is 0.0854 e. The van der Waals surface area contributed by atoms with Crippen LogP contribution in [-0.4, -0.2) is 24.8 Å². The molecule has 0 aliphatic heterocycles. The van der Waals surface area contributed by atoms with E-state index in [1.54, 1.807) is 14.1 Å². The maximum Gasteiger partial charge on any atom is 0.0854 e. The summed E-state index contributed by atoms with van der Waals surface area (Å²) in [6.45, 7) is 4.33. The molecule has 0 unspecified atom stereocenters. The second-order valence-corrected chi connectivity index (χ2v) is 5.90. The van der Waals surface area contributed by atoms with Gasteiger partial charge < -0.3 is 9.85 Å². The van der Waals surface area contributed by atoms with Crippen molar-refractivity contribution in [3.63, 3.8) is 0 Å². The summed E-state index contributed by atoms with van der Waals surface area (Å²) < 4.78 is -0.142. The van der Waals surface area contributed by atoms with E-state index in [2.05, 4.69) is 13.8 Å². The van der Waals surface area contributed by atoms with E-state index in [9.17, 15) is 5.21 Å². The van der Waals surface area contributed by atoms with Gasteiger partial charge >= 0.3 is 0 Å². The van der Waals surface area contributed by atoms with Crippen LogP contribution in [0.3, 0.4) is 0 Å². The number of nitrogens with zero attached hydrogens (tertiary/aromatic N) is 1. The zero-order valence-electron chi connectivity index (χ0n) is 12.5. The third kappa shape index (κ3) is 10.8. The van der Waals surface area contributed by atoms with E-state index < -0.39 is 0 Å². The molecule has 0 rings (SSSR count). The van der Waals surface area contributed by atoms with Crippen LogP contribution in [0.4, 0.5) is 0 Å². The topological polar surface area (TPSA) is 23.1 Å². The molecule has 0 aromatic rings. The van der Waals surface area contributed by atoms with Gasteiger partial charge in [-0.3, -0.25) is 0 Å². The largest absolute Gasteiger partial charge is 0.633 e. The Hall–Kier alpha value is -0.0800. The molecule has 0 N–H and O–H groups in total. The van der Waals surface area contributed by atoms with Crippen LogP contribution in [0.5, 0.6) is 0 Å². The molecule has 1 atom stereocenters. The Morgan fingerprint density at radius 3 is 1.65 bits per heavy atom. The first-order valence-electron chi connectivity index (χ1n) is 7.53. The Bertz CT molecular complexity index is 163.